The van der Waals surface area contributed by atoms with Crippen molar-refractivity contribution in [1.29, 1.82) is 0 Å². The van der Waals surface area contributed by atoms with Gasteiger partial charge in [0.05, 0.1) is 16.5 Å². The molecule has 1 aromatic carbocycles. The lowest BCUT2D eigenvalue weighted by molar-refractivity contribution is 0.244. The number of sulfonamides is 1. The van der Waals surface area contributed by atoms with E-state index in [-0.39, 0.29) is 17.0 Å². The topological polar surface area (TPSA) is 114 Å². The summed E-state index contributed by atoms with van der Waals surface area (Å²) < 4.78 is 33.2. The van der Waals surface area contributed by atoms with Gasteiger partial charge in [0, 0.05) is 25.0 Å². The van der Waals surface area contributed by atoms with Gasteiger partial charge in [-0.3, -0.25) is 4.90 Å². The summed E-state index contributed by atoms with van der Waals surface area (Å²) in [5.41, 5.74) is 0.662. The normalized spacial score (nSPS) is 20.8. The van der Waals surface area contributed by atoms with E-state index in [0.29, 0.717) is 30.2 Å². The van der Waals surface area contributed by atoms with E-state index in [0.717, 1.165) is 0 Å². The summed E-state index contributed by atoms with van der Waals surface area (Å²) in [6, 6.07) is 7.91. The molecule has 0 bridgehead atoms. The molecule has 0 unspecified atom stereocenters. The van der Waals surface area contributed by atoms with E-state index in [1.165, 1.54) is 6.33 Å². The van der Waals surface area contributed by atoms with E-state index in [1.807, 2.05) is 11.9 Å². The van der Waals surface area contributed by atoms with Gasteiger partial charge in [-0.05, 0) is 25.6 Å². The first-order valence-corrected chi connectivity index (χ1v) is 9.88. The van der Waals surface area contributed by atoms with Crippen molar-refractivity contribution >= 4 is 10.0 Å². The molecule has 0 amide bonds. The van der Waals surface area contributed by atoms with Crippen molar-refractivity contribution in [2.45, 2.75) is 23.4 Å². The molecular weight excluding hydrogens is 368 g/mol. The fourth-order valence-electron chi connectivity index (χ4n) is 3.16. The molecule has 1 aliphatic rings. The molecule has 0 spiro atoms. The largest absolute Gasteiger partial charge is 0.337 e. The Kier molecular flexibility index (Phi) is 4.68. The smallest absolute Gasteiger partial charge is 0.244 e. The van der Waals surface area contributed by atoms with Gasteiger partial charge in [0.2, 0.25) is 21.7 Å². The first kappa shape index (κ1) is 17.7. The number of benzene rings is 1. The standard InChI is InChI=1S/C17H18N6O3S/c1-23-10-13(22-27(24,25)14-5-3-2-4-6-14)7-15(23)17-20-16(21-26-17)12-8-18-11-19-9-12/h2-6,8-9,11,13,15,22H,7,10H2,1H3/t13-,15-/m0/s1. The molecule has 4 rings (SSSR count). The highest BCUT2D eigenvalue weighted by Gasteiger charge is 2.36. The lowest BCUT2D eigenvalue weighted by atomic mass is 10.2. The number of aromatic nitrogens is 4. The number of hydrogen-bond donors (Lipinski definition) is 1. The predicted molar refractivity (Wildman–Crippen MR) is 95.9 cm³/mol. The van der Waals surface area contributed by atoms with Crippen molar-refractivity contribution in [2.75, 3.05) is 13.6 Å². The highest BCUT2D eigenvalue weighted by molar-refractivity contribution is 7.89. The van der Waals surface area contributed by atoms with Crippen LogP contribution in [0.4, 0.5) is 0 Å². The van der Waals surface area contributed by atoms with E-state index in [2.05, 4.69) is 24.8 Å². The zero-order valence-corrected chi connectivity index (χ0v) is 15.4. The lowest BCUT2D eigenvalue weighted by Crippen LogP contribution is -2.36. The Morgan fingerprint density at radius 1 is 1.19 bits per heavy atom. The Morgan fingerprint density at radius 2 is 1.93 bits per heavy atom. The van der Waals surface area contributed by atoms with Crippen LogP contribution in [0, 0.1) is 0 Å². The molecule has 9 nitrogen and oxygen atoms in total. The molecule has 0 aliphatic carbocycles. The third-order valence-corrected chi connectivity index (χ3v) is 6.01. The highest BCUT2D eigenvalue weighted by atomic mass is 32.2. The predicted octanol–water partition coefficient (Wildman–Crippen LogP) is 1.25. The third kappa shape index (κ3) is 3.72. The van der Waals surface area contributed by atoms with Gasteiger partial charge in [-0.15, -0.1) is 0 Å². The van der Waals surface area contributed by atoms with Crippen molar-refractivity contribution < 1.29 is 12.9 Å². The number of nitrogens with zero attached hydrogens (tertiary/aromatic N) is 5. The quantitative estimate of drug-likeness (QED) is 0.697. The molecule has 2 atom stereocenters. The van der Waals surface area contributed by atoms with Crippen molar-refractivity contribution in [1.82, 2.24) is 29.7 Å². The summed E-state index contributed by atoms with van der Waals surface area (Å²) in [6.07, 6.45) is 5.18. The lowest BCUT2D eigenvalue weighted by Gasteiger charge is -2.14. The molecule has 1 aliphatic heterocycles. The maximum Gasteiger partial charge on any atom is 0.244 e. The zero-order chi connectivity index (χ0) is 18.9. The summed E-state index contributed by atoms with van der Waals surface area (Å²) in [4.78, 5) is 14.6. The van der Waals surface area contributed by atoms with Gasteiger partial charge in [0.25, 0.3) is 0 Å². The Hall–Kier alpha value is -2.69. The molecule has 10 heteroatoms. The summed E-state index contributed by atoms with van der Waals surface area (Å²) in [7, 11) is -1.67. The van der Waals surface area contributed by atoms with Crippen molar-refractivity contribution in [3.63, 3.8) is 0 Å². The van der Waals surface area contributed by atoms with Gasteiger partial charge >= 0.3 is 0 Å². The summed E-state index contributed by atoms with van der Waals surface area (Å²) >= 11 is 0. The second kappa shape index (κ2) is 7.14. The molecule has 3 heterocycles. The average molecular weight is 386 g/mol. The number of likely N-dealkylation sites (N-methyl/N-ethyl adjacent to an activating group) is 1. The molecule has 1 saturated heterocycles. The zero-order valence-electron chi connectivity index (χ0n) is 14.6. The second-order valence-electron chi connectivity index (χ2n) is 6.41. The molecule has 0 radical (unpaired) electrons. The van der Waals surface area contributed by atoms with E-state index >= 15 is 0 Å². The molecule has 27 heavy (non-hydrogen) atoms. The fourth-order valence-corrected chi connectivity index (χ4v) is 4.42. The Labute approximate surface area is 156 Å². The first-order chi connectivity index (χ1) is 13.0. The van der Waals surface area contributed by atoms with Crippen LogP contribution in [0.15, 0.2) is 58.5 Å². The number of likely N-dealkylation sites (tertiary alicyclic amines) is 1. The average Bonchev–Trinajstić information content (AvgIpc) is 3.29. The molecule has 1 fully saturated rings. The fraction of sp³-hybridized carbons (Fsp3) is 0.294. The Morgan fingerprint density at radius 3 is 2.67 bits per heavy atom. The first-order valence-electron chi connectivity index (χ1n) is 8.39. The van der Waals surface area contributed by atoms with Crippen molar-refractivity contribution in [3.8, 4) is 11.4 Å². The van der Waals surface area contributed by atoms with Crippen LogP contribution in [0.1, 0.15) is 18.4 Å². The van der Waals surface area contributed by atoms with E-state index in [9.17, 15) is 8.42 Å². The molecule has 0 saturated carbocycles. The monoisotopic (exact) mass is 386 g/mol. The van der Waals surface area contributed by atoms with Crippen LogP contribution < -0.4 is 4.72 Å². The van der Waals surface area contributed by atoms with Gasteiger partial charge in [0.15, 0.2) is 0 Å². The molecule has 1 N–H and O–H groups in total. The van der Waals surface area contributed by atoms with Gasteiger partial charge in [-0.25, -0.2) is 23.1 Å². The minimum absolute atomic E-state index is 0.167. The van der Waals surface area contributed by atoms with Gasteiger partial charge in [-0.2, -0.15) is 4.98 Å². The molecule has 3 aromatic rings. The van der Waals surface area contributed by atoms with Crippen LogP contribution in [-0.2, 0) is 10.0 Å². The maximum absolute atomic E-state index is 12.5. The third-order valence-electron chi connectivity index (χ3n) is 4.47. The van der Waals surface area contributed by atoms with E-state index in [1.54, 1.807) is 42.7 Å². The van der Waals surface area contributed by atoms with E-state index in [4.69, 9.17) is 4.52 Å². The molecule has 2 aromatic heterocycles. The van der Waals surface area contributed by atoms with Crippen molar-refractivity contribution in [3.05, 3.63) is 54.9 Å². The number of nitrogens with one attached hydrogen (secondary N) is 1. The second-order valence-corrected chi connectivity index (χ2v) is 8.12. The van der Waals surface area contributed by atoms with Gasteiger partial charge in [0.1, 0.15) is 6.33 Å². The van der Waals surface area contributed by atoms with Crippen molar-refractivity contribution in [2.24, 2.45) is 0 Å². The molecular formula is C17H18N6O3S. The number of hydrogen-bond acceptors (Lipinski definition) is 8. The van der Waals surface area contributed by atoms with Crippen LogP contribution >= 0.6 is 0 Å². The summed E-state index contributed by atoms with van der Waals surface area (Å²) in [6.45, 7) is 0.545. The Balaban J connectivity index is 1.48. The van der Waals surface area contributed by atoms with E-state index < -0.39 is 10.0 Å². The van der Waals surface area contributed by atoms with Crippen LogP contribution in [0.3, 0.4) is 0 Å². The minimum Gasteiger partial charge on any atom is -0.337 e. The molecule has 140 valence electrons. The highest BCUT2D eigenvalue weighted by Crippen LogP contribution is 2.31. The van der Waals surface area contributed by atoms with Crippen LogP contribution in [0.2, 0.25) is 0 Å². The summed E-state index contributed by atoms with van der Waals surface area (Å²) in [5.74, 6) is 0.852. The van der Waals surface area contributed by atoms with Crippen LogP contribution in [-0.4, -0.2) is 53.1 Å². The van der Waals surface area contributed by atoms with Crippen LogP contribution in [0.5, 0.6) is 0 Å². The van der Waals surface area contributed by atoms with Gasteiger partial charge in [-0.1, -0.05) is 23.4 Å². The minimum atomic E-state index is -3.57. The maximum atomic E-state index is 12.5. The van der Waals surface area contributed by atoms with Crippen LogP contribution in [0.25, 0.3) is 11.4 Å². The summed E-state index contributed by atoms with van der Waals surface area (Å²) in [5, 5.41) is 3.98. The number of rotatable bonds is 5. The Bertz CT molecular complexity index is 1010. The van der Waals surface area contributed by atoms with Gasteiger partial charge < -0.3 is 4.52 Å². The SMILES string of the molecule is CN1C[C@@H](NS(=O)(=O)c2ccccc2)C[C@H]1c1nc(-c2cncnc2)no1.